The molecule has 0 aromatic heterocycles. The Morgan fingerprint density at radius 1 is 1.53 bits per heavy atom. The first-order valence-corrected chi connectivity index (χ1v) is 5.28. The number of nitro groups is 1. The lowest BCUT2D eigenvalue weighted by atomic mass is 10.3. The minimum Gasteiger partial charge on any atom is -0.426 e. The number of carbonyl (C=O) groups excluding carboxylic acids is 1. The molecule has 0 saturated carbocycles. The maximum absolute atomic E-state index is 10.7. The molecule has 6 heteroatoms. The molecule has 0 fully saturated rings. The summed E-state index contributed by atoms with van der Waals surface area (Å²) in [7, 11) is 0. The highest BCUT2D eigenvalue weighted by Crippen LogP contribution is 2.31. The van der Waals surface area contributed by atoms with Crippen molar-refractivity contribution >= 4 is 23.4 Å². The SMILES string of the molecule is CSc1cc([N+](=O)[O-])ccc1OC(C)=O. The molecule has 0 bridgehead atoms. The van der Waals surface area contributed by atoms with Crippen LogP contribution in [-0.2, 0) is 4.79 Å². The van der Waals surface area contributed by atoms with Gasteiger partial charge >= 0.3 is 5.97 Å². The second kappa shape index (κ2) is 4.79. The van der Waals surface area contributed by atoms with Gasteiger partial charge in [0.25, 0.3) is 5.69 Å². The summed E-state index contributed by atoms with van der Waals surface area (Å²) in [4.78, 5) is 21.3. The van der Waals surface area contributed by atoms with E-state index in [0.717, 1.165) is 0 Å². The van der Waals surface area contributed by atoms with E-state index in [1.165, 1.54) is 36.9 Å². The van der Waals surface area contributed by atoms with Crippen molar-refractivity contribution in [1.29, 1.82) is 0 Å². The molecule has 0 amide bonds. The van der Waals surface area contributed by atoms with Gasteiger partial charge in [0.2, 0.25) is 0 Å². The molecular weight excluding hydrogens is 218 g/mol. The van der Waals surface area contributed by atoms with E-state index >= 15 is 0 Å². The van der Waals surface area contributed by atoms with Crippen LogP contribution in [-0.4, -0.2) is 17.1 Å². The number of rotatable bonds is 3. The average Bonchev–Trinajstić information content (AvgIpc) is 2.17. The molecule has 1 aromatic rings. The number of thioether (sulfide) groups is 1. The van der Waals surface area contributed by atoms with Gasteiger partial charge < -0.3 is 4.74 Å². The Kier molecular flexibility index (Phi) is 3.68. The molecule has 0 aliphatic rings. The van der Waals surface area contributed by atoms with Crippen LogP contribution in [0.4, 0.5) is 5.69 Å². The average molecular weight is 227 g/mol. The Labute approximate surface area is 90.6 Å². The number of nitro benzene ring substituents is 1. The zero-order chi connectivity index (χ0) is 11.4. The van der Waals surface area contributed by atoms with Crippen molar-refractivity contribution in [1.82, 2.24) is 0 Å². The van der Waals surface area contributed by atoms with E-state index in [2.05, 4.69) is 0 Å². The molecule has 80 valence electrons. The lowest BCUT2D eigenvalue weighted by molar-refractivity contribution is -0.385. The van der Waals surface area contributed by atoms with Crippen LogP contribution in [0.25, 0.3) is 0 Å². The van der Waals surface area contributed by atoms with Crippen molar-refractivity contribution in [3.63, 3.8) is 0 Å². The molecule has 0 N–H and O–H groups in total. The topological polar surface area (TPSA) is 69.4 Å². The number of esters is 1. The standard InChI is InChI=1S/C9H9NO4S/c1-6(11)14-8-4-3-7(10(12)13)5-9(8)15-2/h3-5H,1-2H3. The summed E-state index contributed by atoms with van der Waals surface area (Å²) in [5.74, 6) is -0.0975. The van der Waals surface area contributed by atoms with Gasteiger partial charge in [0.15, 0.2) is 0 Å². The number of carbonyl (C=O) groups is 1. The summed E-state index contributed by atoms with van der Waals surface area (Å²) in [6.07, 6.45) is 1.76. The summed E-state index contributed by atoms with van der Waals surface area (Å²) in [5.41, 5.74) is -0.0183. The van der Waals surface area contributed by atoms with E-state index < -0.39 is 10.9 Å². The van der Waals surface area contributed by atoms with E-state index in [4.69, 9.17) is 4.74 Å². The molecule has 0 atom stereocenters. The highest BCUT2D eigenvalue weighted by atomic mass is 32.2. The predicted molar refractivity (Wildman–Crippen MR) is 56.2 cm³/mol. The Morgan fingerprint density at radius 2 is 2.20 bits per heavy atom. The summed E-state index contributed by atoms with van der Waals surface area (Å²) in [6.45, 7) is 1.28. The van der Waals surface area contributed by atoms with Crippen LogP contribution in [0.15, 0.2) is 23.1 Å². The molecular formula is C9H9NO4S. The van der Waals surface area contributed by atoms with Gasteiger partial charge in [-0.1, -0.05) is 0 Å². The fraction of sp³-hybridized carbons (Fsp3) is 0.222. The second-order valence-electron chi connectivity index (χ2n) is 2.69. The lowest BCUT2D eigenvalue weighted by Gasteiger charge is -2.05. The Balaban J connectivity index is 3.08. The molecule has 0 aliphatic carbocycles. The van der Waals surface area contributed by atoms with Gasteiger partial charge in [0.1, 0.15) is 5.75 Å². The van der Waals surface area contributed by atoms with Gasteiger partial charge in [-0.3, -0.25) is 14.9 Å². The minimum absolute atomic E-state index is 0.0183. The molecule has 15 heavy (non-hydrogen) atoms. The third-order valence-electron chi connectivity index (χ3n) is 1.61. The highest BCUT2D eigenvalue weighted by Gasteiger charge is 2.12. The third kappa shape index (κ3) is 2.95. The quantitative estimate of drug-likeness (QED) is 0.260. The predicted octanol–water partition coefficient (Wildman–Crippen LogP) is 2.24. The van der Waals surface area contributed by atoms with E-state index in [0.29, 0.717) is 10.6 Å². The number of hydrogen-bond acceptors (Lipinski definition) is 5. The summed E-state index contributed by atoms with van der Waals surface area (Å²) < 4.78 is 4.89. The van der Waals surface area contributed by atoms with Gasteiger partial charge in [-0.25, -0.2) is 0 Å². The molecule has 0 unspecified atom stereocenters. The van der Waals surface area contributed by atoms with Crippen LogP contribution in [0.5, 0.6) is 5.75 Å². The fourth-order valence-corrected chi connectivity index (χ4v) is 1.56. The Hall–Kier alpha value is -1.56. The van der Waals surface area contributed by atoms with E-state index in [1.807, 2.05) is 0 Å². The van der Waals surface area contributed by atoms with Gasteiger partial charge in [0, 0.05) is 19.1 Å². The number of nitrogens with zero attached hydrogens (tertiary/aromatic N) is 1. The zero-order valence-corrected chi connectivity index (χ0v) is 9.04. The number of hydrogen-bond donors (Lipinski definition) is 0. The van der Waals surface area contributed by atoms with Crippen LogP contribution in [0, 0.1) is 10.1 Å². The molecule has 5 nitrogen and oxygen atoms in total. The fourth-order valence-electron chi connectivity index (χ4n) is 1.01. The highest BCUT2D eigenvalue weighted by molar-refractivity contribution is 7.98. The second-order valence-corrected chi connectivity index (χ2v) is 3.53. The van der Waals surface area contributed by atoms with Crippen LogP contribution in [0.2, 0.25) is 0 Å². The third-order valence-corrected chi connectivity index (χ3v) is 2.37. The molecule has 0 saturated heterocycles. The van der Waals surface area contributed by atoms with Gasteiger partial charge in [0.05, 0.1) is 9.82 Å². The van der Waals surface area contributed by atoms with Crippen LogP contribution in [0.3, 0.4) is 0 Å². The first-order valence-electron chi connectivity index (χ1n) is 4.05. The summed E-state index contributed by atoms with van der Waals surface area (Å²) >= 11 is 1.29. The van der Waals surface area contributed by atoms with Crippen molar-refractivity contribution in [2.75, 3.05) is 6.26 Å². The molecule has 0 heterocycles. The maximum atomic E-state index is 10.7. The molecule has 1 aromatic carbocycles. The Morgan fingerprint density at radius 3 is 2.67 bits per heavy atom. The Bertz CT molecular complexity index is 405. The normalized spacial score (nSPS) is 9.73. The van der Waals surface area contributed by atoms with Crippen molar-refractivity contribution < 1.29 is 14.5 Å². The number of benzene rings is 1. The molecule has 1 rings (SSSR count). The largest absolute Gasteiger partial charge is 0.426 e. The van der Waals surface area contributed by atoms with E-state index in [1.54, 1.807) is 6.26 Å². The van der Waals surface area contributed by atoms with Crippen molar-refractivity contribution in [3.05, 3.63) is 28.3 Å². The zero-order valence-electron chi connectivity index (χ0n) is 8.22. The smallest absolute Gasteiger partial charge is 0.308 e. The van der Waals surface area contributed by atoms with Crippen LogP contribution < -0.4 is 4.74 Å². The number of non-ortho nitro benzene ring substituents is 1. The lowest BCUT2D eigenvalue weighted by Crippen LogP contribution is -2.02. The first-order chi connectivity index (χ1) is 7.04. The van der Waals surface area contributed by atoms with E-state index in [-0.39, 0.29) is 5.69 Å². The minimum atomic E-state index is -0.489. The summed E-state index contributed by atoms with van der Waals surface area (Å²) in [6, 6.07) is 4.10. The van der Waals surface area contributed by atoms with Gasteiger partial charge in [-0.2, -0.15) is 0 Å². The molecule has 0 radical (unpaired) electrons. The first kappa shape index (κ1) is 11.5. The van der Waals surface area contributed by atoms with Crippen LogP contribution in [0.1, 0.15) is 6.92 Å². The molecule has 0 spiro atoms. The van der Waals surface area contributed by atoms with Gasteiger partial charge in [-0.05, 0) is 12.3 Å². The van der Waals surface area contributed by atoms with Crippen LogP contribution >= 0.6 is 11.8 Å². The van der Waals surface area contributed by atoms with Crippen molar-refractivity contribution in [2.45, 2.75) is 11.8 Å². The summed E-state index contributed by atoms with van der Waals surface area (Å²) in [5, 5.41) is 10.5. The number of ether oxygens (including phenoxy) is 1. The van der Waals surface area contributed by atoms with E-state index in [9.17, 15) is 14.9 Å². The van der Waals surface area contributed by atoms with Crippen molar-refractivity contribution in [2.24, 2.45) is 0 Å². The van der Waals surface area contributed by atoms with Crippen molar-refractivity contribution in [3.8, 4) is 5.75 Å². The molecule has 0 aliphatic heterocycles. The maximum Gasteiger partial charge on any atom is 0.308 e. The monoisotopic (exact) mass is 227 g/mol. The van der Waals surface area contributed by atoms with Gasteiger partial charge in [-0.15, -0.1) is 11.8 Å².